The second-order valence-electron chi connectivity index (χ2n) is 4.36. The lowest BCUT2D eigenvalue weighted by atomic mass is 10.3. The van der Waals surface area contributed by atoms with Gasteiger partial charge in [-0.25, -0.2) is 4.79 Å². The molecule has 1 saturated carbocycles. The second kappa shape index (κ2) is 4.63. The van der Waals surface area contributed by atoms with Crippen molar-refractivity contribution in [2.45, 2.75) is 18.9 Å². The Morgan fingerprint density at radius 3 is 2.28 bits per heavy atom. The molecule has 8 nitrogen and oxygen atoms in total. The number of carbonyl (C=O) groups excluding carboxylic acids is 3. The van der Waals surface area contributed by atoms with Crippen LogP contribution < -0.4 is 5.32 Å². The number of piperazine rings is 1. The van der Waals surface area contributed by atoms with Crippen LogP contribution in [-0.2, 0) is 14.4 Å². The van der Waals surface area contributed by atoms with E-state index in [0.717, 1.165) is 17.7 Å². The number of carboxylic acid groups (broad SMARTS) is 1. The highest BCUT2D eigenvalue weighted by molar-refractivity contribution is 6.02. The zero-order valence-electron chi connectivity index (χ0n) is 9.59. The van der Waals surface area contributed by atoms with E-state index in [1.807, 2.05) is 0 Å². The molecule has 18 heavy (non-hydrogen) atoms. The number of aliphatic carboxylic acids is 1. The highest BCUT2D eigenvalue weighted by Crippen LogP contribution is 2.27. The summed E-state index contributed by atoms with van der Waals surface area (Å²) in [5.74, 6) is -2.21. The van der Waals surface area contributed by atoms with Crippen molar-refractivity contribution >= 4 is 23.8 Å². The molecule has 2 N–H and O–H groups in total. The Morgan fingerprint density at radius 2 is 1.83 bits per heavy atom. The van der Waals surface area contributed by atoms with E-state index in [0.29, 0.717) is 0 Å². The smallest absolute Gasteiger partial charge is 0.323 e. The van der Waals surface area contributed by atoms with Gasteiger partial charge < -0.3 is 14.9 Å². The number of carboxylic acids is 1. The Hall–Kier alpha value is -2.12. The van der Waals surface area contributed by atoms with Crippen molar-refractivity contribution in [1.82, 2.24) is 15.1 Å². The predicted octanol–water partition coefficient (Wildman–Crippen LogP) is -1.39. The summed E-state index contributed by atoms with van der Waals surface area (Å²) in [7, 11) is 0. The highest BCUT2D eigenvalue weighted by Gasteiger charge is 2.38. The largest absolute Gasteiger partial charge is 0.480 e. The number of rotatable bonds is 3. The molecule has 4 amide bonds. The van der Waals surface area contributed by atoms with Gasteiger partial charge in [0.15, 0.2) is 0 Å². The van der Waals surface area contributed by atoms with Crippen molar-refractivity contribution < 1.29 is 24.3 Å². The number of hydrogen-bond acceptors (Lipinski definition) is 4. The van der Waals surface area contributed by atoms with Gasteiger partial charge in [-0.05, 0) is 12.8 Å². The lowest BCUT2D eigenvalue weighted by Gasteiger charge is -2.31. The molecule has 2 fully saturated rings. The van der Waals surface area contributed by atoms with E-state index in [1.54, 1.807) is 0 Å². The molecule has 8 heteroatoms. The third kappa shape index (κ3) is 2.76. The number of nitrogens with zero attached hydrogens (tertiary/aromatic N) is 2. The van der Waals surface area contributed by atoms with Gasteiger partial charge in [0, 0.05) is 6.04 Å². The summed E-state index contributed by atoms with van der Waals surface area (Å²) in [5.41, 5.74) is 0. The number of urea groups is 1. The summed E-state index contributed by atoms with van der Waals surface area (Å²) < 4.78 is 0. The monoisotopic (exact) mass is 255 g/mol. The molecule has 0 atom stereocenters. The molecule has 1 heterocycles. The molecule has 0 radical (unpaired) electrons. The number of amides is 4. The Kier molecular flexibility index (Phi) is 3.17. The maximum absolute atomic E-state index is 12.1. The zero-order chi connectivity index (χ0) is 13.3. The van der Waals surface area contributed by atoms with Crippen LogP contribution in [0.15, 0.2) is 0 Å². The molecule has 0 unspecified atom stereocenters. The van der Waals surface area contributed by atoms with Crippen LogP contribution in [0, 0.1) is 0 Å². The minimum absolute atomic E-state index is 0.0892. The third-order valence-corrected chi connectivity index (χ3v) is 2.76. The van der Waals surface area contributed by atoms with Crippen LogP contribution in [-0.4, -0.2) is 64.4 Å². The number of carbonyl (C=O) groups is 4. The SMILES string of the molecule is O=C(O)CN(C(=O)N1CC(=O)NC(=O)C1)C1CC1. The van der Waals surface area contributed by atoms with E-state index < -0.39 is 30.4 Å². The fraction of sp³-hybridized carbons (Fsp3) is 0.600. The maximum Gasteiger partial charge on any atom is 0.323 e. The minimum atomic E-state index is -1.11. The molecule has 1 saturated heterocycles. The topological polar surface area (TPSA) is 107 Å². The van der Waals surface area contributed by atoms with E-state index in [-0.39, 0.29) is 19.1 Å². The molecule has 2 aliphatic rings. The average molecular weight is 255 g/mol. The van der Waals surface area contributed by atoms with Gasteiger partial charge in [-0.2, -0.15) is 0 Å². The van der Waals surface area contributed by atoms with Gasteiger partial charge in [0.2, 0.25) is 11.8 Å². The van der Waals surface area contributed by atoms with Crippen LogP contribution >= 0.6 is 0 Å². The predicted molar refractivity (Wildman–Crippen MR) is 57.5 cm³/mol. The Balaban J connectivity index is 2.05. The summed E-state index contributed by atoms with van der Waals surface area (Å²) in [4.78, 5) is 47.4. The van der Waals surface area contributed by atoms with E-state index in [2.05, 4.69) is 5.32 Å². The molecular weight excluding hydrogens is 242 g/mol. The van der Waals surface area contributed by atoms with Gasteiger partial charge >= 0.3 is 12.0 Å². The first-order valence-electron chi connectivity index (χ1n) is 5.57. The van der Waals surface area contributed by atoms with Crippen molar-refractivity contribution in [3.8, 4) is 0 Å². The van der Waals surface area contributed by atoms with Crippen LogP contribution in [0.4, 0.5) is 4.79 Å². The summed E-state index contributed by atoms with van der Waals surface area (Å²) in [6.45, 7) is -0.837. The minimum Gasteiger partial charge on any atom is -0.480 e. The van der Waals surface area contributed by atoms with Gasteiger partial charge in [-0.3, -0.25) is 19.7 Å². The van der Waals surface area contributed by atoms with Crippen LogP contribution in [0.2, 0.25) is 0 Å². The van der Waals surface area contributed by atoms with Crippen molar-refractivity contribution in [2.24, 2.45) is 0 Å². The maximum atomic E-state index is 12.1. The van der Waals surface area contributed by atoms with Crippen molar-refractivity contribution in [1.29, 1.82) is 0 Å². The highest BCUT2D eigenvalue weighted by atomic mass is 16.4. The first-order chi connectivity index (χ1) is 8.47. The van der Waals surface area contributed by atoms with Crippen LogP contribution in [0.25, 0.3) is 0 Å². The van der Waals surface area contributed by atoms with Gasteiger partial charge in [-0.1, -0.05) is 0 Å². The lowest BCUT2D eigenvalue weighted by Crippen LogP contribution is -2.57. The normalized spacial score (nSPS) is 19.4. The quantitative estimate of drug-likeness (QED) is 0.604. The van der Waals surface area contributed by atoms with Crippen molar-refractivity contribution in [3.63, 3.8) is 0 Å². The van der Waals surface area contributed by atoms with Gasteiger partial charge in [0.05, 0.1) is 0 Å². The van der Waals surface area contributed by atoms with Crippen LogP contribution in [0.3, 0.4) is 0 Å². The summed E-state index contributed by atoms with van der Waals surface area (Å²) in [6, 6.07) is -0.656. The first kappa shape index (κ1) is 12.3. The Labute approximate surface area is 103 Å². The van der Waals surface area contributed by atoms with Crippen molar-refractivity contribution in [3.05, 3.63) is 0 Å². The van der Waals surface area contributed by atoms with Crippen LogP contribution in [0.1, 0.15) is 12.8 Å². The molecule has 1 aliphatic carbocycles. The molecule has 0 aromatic heterocycles. The lowest BCUT2D eigenvalue weighted by molar-refractivity contribution is -0.137. The Bertz CT molecular complexity index is 402. The van der Waals surface area contributed by atoms with Gasteiger partial charge in [-0.15, -0.1) is 0 Å². The molecule has 98 valence electrons. The fourth-order valence-corrected chi connectivity index (χ4v) is 1.84. The molecular formula is C10H13N3O5. The summed E-state index contributed by atoms with van der Waals surface area (Å²) in [6.07, 6.45) is 1.51. The summed E-state index contributed by atoms with van der Waals surface area (Å²) >= 11 is 0. The van der Waals surface area contributed by atoms with E-state index >= 15 is 0 Å². The molecule has 0 bridgehead atoms. The second-order valence-corrected chi connectivity index (χ2v) is 4.36. The van der Waals surface area contributed by atoms with E-state index in [1.165, 1.54) is 4.90 Å². The molecule has 0 spiro atoms. The van der Waals surface area contributed by atoms with Crippen LogP contribution in [0.5, 0.6) is 0 Å². The molecule has 0 aromatic carbocycles. The number of nitrogens with one attached hydrogen (secondary N) is 1. The molecule has 0 aromatic rings. The average Bonchev–Trinajstić information content (AvgIpc) is 3.07. The molecule has 1 aliphatic heterocycles. The first-order valence-corrected chi connectivity index (χ1v) is 5.57. The van der Waals surface area contributed by atoms with E-state index in [9.17, 15) is 19.2 Å². The standard InChI is InChI=1S/C10H13N3O5/c14-7-3-12(4-8(15)11-7)10(18)13(5-9(16)17)6-1-2-6/h6H,1-5H2,(H,16,17)(H,11,14,15). The fourth-order valence-electron chi connectivity index (χ4n) is 1.84. The summed E-state index contributed by atoms with van der Waals surface area (Å²) in [5, 5.41) is 10.8. The number of imide groups is 1. The third-order valence-electron chi connectivity index (χ3n) is 2.76. The number of hydrogen-bond donors (Lipinski definition) is 2. The zero-order valence-corrected chi connectivity index (χ0v) is 9.59. The Morgan fingerprint density at radius 1 is 1.28 bits per heavy atom. The van der Waals surface area contributed by atoms with Gasteiger partial charge in [0.25, 0.3) is 0 Å². The molecule has 2 rings (SSSR count). The van der Waals surface area contributed by atoms with Gasteiger partial charge in [0.1, 0.15) is 19.6 Å². The van der Waals surface area contributed by atoms with Crippen molar-refractivity contribution in [2.75, 3.05) is 19.6 Å². The van der Waals surface area contributed by atoms with E-state index in [4.69, 9.17) is 5.11 Å².